The van der Waals surface area contributed by atoms with Crippen LogP contribution in [0.5, 0.6) is 0 Å². The minimum Gasteiger partial charge on any atom is -0.351 e. The van der Waals surface area contributed by atoms with Crippen molar-refractivity contribution >= 4 is 34.0 Å². The monoisotopic (exact) mass is 465 g/mol. The molecule has 0 aliphatic carbocycles. The van der Waals surface area contributed by atoms with Gasteiger partial charge in [-0.2, -0.15) is 5.10 Å². The molecule has 5 aromatic rings. The van der Waals surface area contributed by atoms with Crippen LogP contribution in [0.1, 0.15) is 23.6 Å². The van der Waals surface area contributed by atoms with Gasteiger partial charge in [-0.15, -0.1) is 0 Å². The van der Waals surface area contributed by atoms with E-state index >= 15 is 0 Å². The van der Waals surface area contributed by atoms with Crippen molar-refractivity contribution in [3.05, 3.63) is 78.0 Å². The molecule has 0 amide bonds. The van der Waals surface area contributed by atoms with Crippen LogP contribution in [0.4, 0.5) is 17.3 Å². The highest BCUT2D eigenvalue weighted by Gasteiger charge is 2.20. The lowest BCUT2D eigenvalue weighted by molar-refractivity contribution is 0.497. The first-order valence-corrected chi connectivity index (χ1v) is 11.9. The SMILES string of the molecule is Cc1cc(Nc2ncnc3ccc(N4CCNC[C@@H]4C)nc23)ccc1Cc1ccn2ncnc2c1. The van der Waals surface area contributed by atoms with Crippen molar-refractivity contribution in [2.75, 3.05) is 29.9 Å². The summed E-state index contributed by atoms with van der Waals surface area (Å²) in [6.45, 7) is 7.19. The van der Waals surface area contributed by atoms with Gasteiger partial charge >= 0.3 is 0 Å². The minimum absolute atomic E-state index is 0.385. The molecule has 35 heavy (non-hydrogen) atoms. The summed E-state index contributed by atoms with van der Waals surface area (Å²) in [5.74, 6) is 1.67. The Labute approximate surface area is 203 Å². The second-order valence-corrected chi connectivity index (χ2v) is 9.05. The summed E-state index contributed by atoms with van der Waals surface area (Å²) < 4.78 is 1.78. The Morgan fingerprint density at radius 1 is 1.06 bits per heavy atom. The van der Waals surface area contributed by atoms with Crippen molar-refractivity contribution in [1.82, 2.24) is 34.9 Å². The average molecular weight is 466 g/mol. The Hall–Kier alpha value is -4.11. The van der Waals surface area contributed by atoms with Gasteiger partial charge < -0.3 is 15.5 Å². The van der Waals surface area contributed by atoms with E-state index in [-0.39, 0.29) is 0 Å². The zero-order chi connectivity index (χ0) is 23.8. The van der Waals surface area contributed by atoms with Crippen LogP contribution in [0.25, 0.3) is 16.7 Å². The third kappa shape index (κ3) is 4.26. The number of anilines is 3. The van der Waals surface area contributed by atoms with E-state index in [1.807, 2.05) is 12.3 Å². The lowest BCUT2D eigenvalue weighted by Gasteiger charge is -2.35. The summed E-state index contributed by atoms with van der Waals surface area (Å²) in [6, 6.07) is 15.0. The number of nitrogens with one attached hydrogen (secondary N) is 2. The summed E-state index contributed by atoms with van der Waals surface area (Å²) in [6.07, 6.45) is 5.94. The Kier molecular flexibility index (Phi) is 5.46. The van der Waals surface area contributed by atoms with E-state index in [1.165, 1.54) is 16.7 Å². The molecular formula is C26H27N9. The fraction of sp³-hybridized carbons (Fsp3) is 0.269. The van der Waals surface area contributed by atoms with Crippen molar-refractivity contribution in [3.63, 3.8) is 0 Å². The number of nitrogens with zero attached hydrogens (tertiary/aromatic N) is 7. The number of pyridine rings is 2. The van der Waals surface area contributed by atoms with E-state index in [0.29, 0.717) is 11.9 Å². The molecular weight excluding hydrogens is 438 g/mol. The molecule has 0 spiro atoms. The maximum Gasteiger partial charge on any atom is 0.160 e. The molecule has 5 heterocycles. The second-order valence-electron chi connectivity index (χ2n) is 9.05. The zero-order valence-electron chi connectivity index (χ0n) is 19.8. The Morgan fingerprint density at radius 3 is 2.89 bits per heavy atom. The Balaban J connectivity index is 1.26. The zero-order valence-corrected chi connectivity index (χ0v) is 19.8. The van der Waals surface area contributed by atoms with E-state index in [2.05, 4.69) is 85.8 Å². The summed E-state index contributed by atoms with van der Waals surface area (Å²) in [4.78, 5) is 20.5. The number of rotatable bonds is 5. The molecule has 4 aromatic heterocycles. The molecule has 1 atom stereocenters. The molecule has 1 aromatic carbocycles. The summed E-state index contributed by atoms with van der Waals surface area (Å²) in [7, 11) is 0. The summed E-state index contributed by atoms with van der Waals surface area (Å²) >= 11 is 0. The van der Waals surface area contributed by atoms with Crippen LogP contribution in [0, 0.1) is 6.92 Å². The predicted molar refractivity (Wildman–Crippen MR) is 137 cm³/mol. The smallest absolute Gasteiger partial charge is 0.160 e. The number of fused-ring (bicyclic) bond motifs is 2. The number of hydrogen-bond donors (Lipinski definition) is 2. The van der Waals surface area contributed by atoms with E-state index < -0.39 is 0 Å². The molecule has 1 saturated heterocycles. The molecule has 1 aliphatic rings. The van der Waals surface area contributed by atoms with Crippen LogP contribution < -0.4 is 15.5 Å². The number of aromatic nitrogens is 6. The van der Waals surface area contributed by atoms with Crippen LogP contribution in [0.3, 0.4) is 0 Å². The van der Waals surface area contributed by atoms with Gasteiger partial charge in [-0.25, -0.2) is 24.5 Å². The van der Waals surface area contributed by atoms with Crippen molar-refractivity contribution in [3.8, 4) is 0 Å². The molecule has 0 bridgehead atoms. The van der Waals surface area contributed by atoms with Gasteiger partial charge in [-0.1, -0.05) is 6.07 Å². The standard InChI is InChI=1S/C26H27N9/c1-17-11-21(4-3-20(17)12-19-7-9-35-24(13-19)29-16-31-35)32-26-25-22(28-15-30-26)5-6-23(33-25)34-10-8-27-14-18(34)2/h3-7,9,11,13,15-16,18,27H,8,10,12,14H2,1-2H3,(H,28,30,32)/t18-/m0/s1. The Bertz CT molecular complexity index is 1510. The van der Waals surface area contributed by atoms with Gasteiger partial charge in [-0.05, 0) is 73.4 Å². The van der Waals surface area contributed by atoms with Gasteiger partial charge in [-0.3, -0.25) is 0 Å². The minimum atomic E-state index is 0.385. The lowest BCUT2D eigenvalue weighted by Crippen LogP contribution is -2.50. The van der Waals surface area contributed by atoms with E-state index in [0.717, 1.165) is 54.2 Å². The lowest BCUT2D eigenvalue weighted by atomic mass is 10.0. The quantitative estimate of drug-likeness (QED) is 0.407. The van der Waals surface area contributed by atoms with Gasteiger partial charge in [0.25, 0.3) is 0 Å². The van der Waals surface area contributed by atoms with Crippen molar-refractivity contribution in [2.24, 2.45) is 0 Å². The molecule has 0 radical (unpaired) electrons. The van der Waals surface area contributed by atoms with Crippen LogP contribution in [0.15, 0.2) is 61.3 Å². The van der Waals surface area contributed by atoms with Crippen molar-refractivity contribution < 1.29 is 0 Å². The molecule has 2 N–H and O–H groups in total. The largest absolute Gasteiger partial charge is 0.351 e. The topological polar surface area (TPSA) is 96.2 Å². The molecule has 0 saturated carbocycles. The van der Waals surface area contributed by atoms with Crippen LogP contribution in [0.2, 0.25) is 0 Å². The molecule has 1 fully saturated rings. The maximum absolute atomic E-state index is 4.96. The highest BCUT2D eigenvalue weighted by Crippen LogP contribution is 2.27. The summed E-state index contributed by atoms with van der Waals surface area (Å²) in [5, 5.41) is 11.1. The van der Waals surface area contributed by atoms with E-state index in [9.17, 15) is 0 Å². The molecule has 1 aliphatic heterocycles. The first-order chi connectivity index (χ1) is 17.1. The normalized spacial score (nSPS) is 16.2. The van der Waals surface area contributed by atoms with E-state index in [1.54, 1.807) is 17.2 Å². The van der Waals surface area contributed by atoms with Crippen LogP contribution in [-0.2, 0) is 6.42 Å². The first kappa shape index (κ1) is 21.4. The molecule has 0 unspecified atom stereocenters. The maximum atomic E-state index is 4.96. The number of aryl methyl sites for hydroxylation is 1. The summed E-state index contributed by atoms with van der Waals surface area (Å²) in [5.41, 5.74) is 7.11. The molecule has 9 nitrogen and oxygen atoms in total. The molecule has 9 heteroatoms. The van der Waals surface area contributed by atoms with E-state index in [4.69, 9.17) is 4.98 Å². The highest BCUT2D eigenvalue weighted by atomic mass is 15.3. The van der Waals surface area contributed by atoms with Gasteiger partial charge in [0.1, 0.15) is 24.0 Å². The van der Waals surface area contributed by atoms with Gasteiger partial charge in [0, 0.05) is 37.6 Å². The van der Waals surface area contributed by atoms with Crippen LogP contribution in [-0.4, -0.2) is 55.2 Å². The molecule has 176 valence electrons. The highest BCUT2D eigenvalue weighted by molar-refractivity contribution is 5.88. The third-order valence-corrected chi connectivity index (χ3v) is 6.61. The average Bonchev–Trinajstić information content (AvgIpc) is 3.34. The fourth-order valence-corrected chi connectivity index (χ4v) is 4.66. The predicted octanol–water partition coefficient (Wildman–Crippen LogP) is 3.51. The second kappa shape index (κ2) is 8.92. The fourth-order valence-electron chi connectivity index (χ4n) is 4.66. The van der Waals surface area contributed by atoms with Crippen molar-refractivity contribution in [2.45, 2.75) is 26.3 Å². The first-order valence-electron chi connectivity index (χ1n) is 11.9. The van der Waals surface area contributed by atoms with Crippen molar-refractivity contribution in [1.29, 1.82) is 0 Å². The number of piperazine rings is 1. The van der Waals surface area contributed by atoms with Gasteiger partial charge in [0.15, 0.2) is 11.5 Å². The number of hydrogen-bond acceptors (Lipinski definition) is 8. The Morgan fingerprint density at radius 2 is 2.00 bits per heavy atom. The van der Waals surface area contributed by atoms with Gasteiger partial charge in [0.2, 0.25) is 0 Å². The third-order valence-electron chi connectivity index (χ3n) is 6.61. The van der Waals surface area contributed by atoms with Crippen LogP contribution >= 0.6 is 0 Å². The molecule has 6 rings (SSSR count). The van der Waals surface area contributed by atoms with Gasteiger partial charge in [0.05, 0.1) is 5.52 Å². The number of benzene rings is 1.